The Balaban J connectivity index is 1.65. The fourth-order valence-electron chi connectivity index (χ4n) is 3.56. The van der Waals surface area contributed by atoms with Crippen LogP contribution in [0.1, 0.15) is 0 Å². The van der Waals surface area contributed by atoms with Gasteiger partial charge in [-0.3, -0.25) is 13.9 Å². The topological polar surface area (TPSA) is 96.5 Å². The molecule has 2 heterocycles. The van der Waals surface area contributed by atoms with Crippen molar-refractivity contribution in [2.75, 3.05) is 50.2 Å². The first-order chi connectivity index (χ1) is 15.4. The van der Waals surface area contributed by atoms with Crippen molar-refractivity contribution >= 4 is 28.0 Å². The lowest BCUT2D eigenvalue weighted by molar-refractivity contribution is -0.133. The highest BCUT2D eigenvalue weighted by atomic mass is 32.2. The number of nitrogens with zero attached hydrogens (tertiary/aromatic N) is 3. The van der Waals surface area contributed by atoms with Gasteiger partial charge in [0, 0.05) is 32.2 Å². The van der Waals surface area contributed by atoms with Crippen LogP contribution in [-0.2, 0) is 19.6 Å². The molecule has 2 aliphatic heterocycles. The summed E-state index contributed by atoms with van der Waals surface area (Å²) in [4.78, 5) is 26.8. The molecule has 0 radical (unpaired) electrons. The van der Waals surface area contributed by atoms with Crippen LogP contribution in [0, 0.1) is 5.82 Å². The van der Waals surface area contributed by atoms with E-state index in [1.165, 1.54) is 41.3 Å². The van der Waals surface area contributed by atoms with Crippen LogP contribution < -0.4 is 13.8 Å². The molecular weight excluding hydrogens is 441 g/mol. The Labute approximate surface area is 185 Å². The molecule has 0 aromatic heterocycles. The predicted octanol–water partition coefficient (Wildman–Crippen LogP) is 1.09. The van der Waals surface area contributed by atoms with E-state index in [0.29, 0.717) is 44.9 Å². The quantitative estimate of drug-likeness (QED) is 0.595. The highest BCUT2D eigenvalue weighted by Gasteiger charge is 2.31. The van der Waals surface area contributed by atoms with Crippen LogP contribution in [0.3, 0.4) is 0 Å². The number of sulfonamides is 1. The van der Waals surface area contributed by atoms with Gasteiger partial charge in [0.15, 0.2) is 11.5 Å². The second-order valence-corrected chi connectivity index (χ2v) is 9.18. The Kier molecular flexibility index (Phi) is 6.17. The number of anilines is 1. The van der Waals surface area contributed by atoms with E-state index in [4.69, 9.17) is 9.47 Å². The summed E-state index contributed by atoms with van der Waals surface area (Å²) in [7, 11) is -4.24. The molecule has 2 aliphatic rings. The second kappa shape index (κ2) is 9.03. The normalized spacial score (nSPS) is 15.9. The molecule has 2 aromatic carbocycles. The number of hydrogen-bond donors (Lipinski definition) is 0. The van der Waals surface area contributed by atoms with Crippen molar-refractivity contribution in [2.24, 2.45) is 0 Å². The average Bonchev–Trinajstić information content (AvgIpc) is 2.82. The number of rotatable bonds is 6. The first-order valence-corrected chi connectivity index (χ1v) is 11.5. The van der Waals surface area contributed by atoms with Crippen LogP contribution in [0.25, 0.3) is 0 Å². The smallest absolute Gasteiger partial charge is 0.264 e. The molecule has 9 nitrogen and oxygen atoms in total. The van der Waals surface area contributed by atoms with Gasteiger partial charge in [0.25, 0.3) is 10.0 Å². The molecule has 0 atom stereocenters. The third-order valence-electron chi connectivity index (χ3n) is 5.29. The van der Waals surface area contributed by atoms with Gasteiger partial charge in [0.05, 0.1) is 10.6 Å². The van der Waals surface area contributed by atoms with Gasteiger partial charge >= 0.3 is 0 Å². The third kappa shape index (κ3) is 4.47. The maximum atomic E-state index is 13.9. The van der Waals surface area contributed by atoms with E-state index >= 15 is 0 Å². The van der Waals surface area contributed by atoms with Crippen molar-refractivity contribution in [1.29, 1.82) is 0 Å². The summed E-state index contributed by atoms with van der Waals surface area (Å²) < 4.78 is 52.8. The number of ether oxygens (including phenoxy) is 2. The van der Waals surface area contributed by atoms with Crippen LogP contribution in [0.5, 0.6) is 11.5 Å². The number of hydrogen-bond acceptors (Lipinski definition) is 6. The Morgan fingerprint density at radius 3 is 2.44 bits per heavy atom. The maximum Gasteiger partial charge on any atom is 0.264 e. The first-order valence-electron chi connectivity index (χ1n) is 10.0. The lowest BCUT2D eigenvalue weighted by atomic mass is 10.3. The van der Waals surface area contributed by atoms with Gasteiger partial charge < -0.3 is 19.3 Å². The summed E-state index contributed by atoms with van der Waals surface area (Å²) in [6.45, 7) is 1.45. The van der Waals surface area contributed by atoms with Crippen molar-refractivity contribution in [3.63, 3.8) is 0 Å². The fourth-order valence-corrected chi connectivity index (χ4v) is 4.98. The van der Waals surface area contributed by atoms with Gasteiger partial charge in [-0.2, -0.15) is 0 Å². The number of carbonyl (C=O) groups is 2. The number of carbonyl (C=O) groups excluding carboxylic acids is 2. The standard InChI is InChI=1S/C21H22FN3O6S/c22-16-2-1-3-17(12-16)25(14-21(27)24-8-6-23(15-26)7-9-24)32(28,29)18-4-5-19-20(13-18)31-11-10-30-19/h1-5,12-13,15H,6-11,14H2. The van der Waals surface area contributed by atoms with Crippen molar-refractivity contribution in [3.05, 3.63) is 48.3 Å². The largest absolute Gasteiger partial charge is 0.486 e. The highest BCUT2D eigenvalue weighted by molar-refractivity contribution is 7.92. The number of benzene rings is 2. The third-order valence-corrected chi connectivity index (χ3v) is 7.06. The Morgan fingerprint density at radius 1 is 1.03 bits per heavy atom. The van der Waals surface area contributed by atoms with Gasteiger partial charge in [-0.1, -0.05) is 6.07 Å². The number of piperazine rings is 1. The zero-order valence-electron chi connectivity index (χ0n) is 17.1. The summed E-state index contributed by atoms with van der Waals surface area (Å²) in [5, 5.41) is 0. The molecule has 0 saturated carbocycles. The molecule has 4 rings (SSSR count). The molecule has 0 aliphatic carbocycles. The molecule has 1 fully saturated rings. The summed E-state index contributed by atoms with van der Waals surface area (Å²) in [5.74, 6) is -0.359. The Morgan fingerprint density at radius 2 is 1.75 bits per heavy atom. The van der Waals surface area contributed by atoms with Crippen molar-refractivity contribution in [1.82, 2.24) is 9.80 Å². The van der Waals surface area contributed by atoms with E-state index in [1.54, 1.807) is 4.90 Å². The van der Waals surface area contributed by atoms with E-state index in [1.807, 2.05) is 0 Å². The van der Waals surface area contributed by atoms with Crippen molar-refractivity contribution < 1.29 is 31.9 Å². The van der Waals surface area contributed by atoms with Crippen LogP contribution in [0.4, 0.5) is 10.1 Å². The molecular formula is C21H22FN3O6S. The minimum Gasteiger partial charge on any atom is -0.486 e. The Hall–Kier alpha value is -3.34. The fraction of sp³-hybridized carbons (Fsp3) is 0.333. The van der Waals surface area contributed by atoms with E-state index in [0.717, 1.165) is 10.4 Å². The van der Waals surface area contributed by atoms with Gasteiger partial charge in [-0.05, 0) is 30.3 Å². The van der Waals surface area contributed by atoms with E-state index < -0.39 is 28.3 Å². The molecule has 0 N–H and O–H groups in total. The molecule has 170 valence electrons. The number of halogens is 1. The maximum absolute atomic E-state index is 13.9. The zero-order valence-corrected chi connectivity index (χ0v) is 18.0. The molecule has 2 aromatic rings. The van der Waals surface area contributed by atoms with E-state index in [2.05, 4.69) is 0 Å². The monoisotopic (exact) mass is 463 g/mol. The summed E-state index contributed by atoms with van der Waals surface area (Å²) in [6.07, 6.45) is 0.715. The van der Waals surface area contributed by atoms with Gasteiger partial charge in [-0.15, -0.1) is 0 Å². The van der Waals surface area contributed by atoms with Gasteiger partial charge in [0.2, 0.25) is 12.3 Å². The predicted molar refractivity (Wildman–Crippen MR) is 113 cm³/mol. The average molecular weight is 463 g/mol. The summed E-state index contributed by atoms with van der Waals surface area (Å²) in [5.41, 5.74) is 0.0276. The molecule has 0 bridgehead atoms. The summed E-state index contributed by atoms with van der Waals surface area (Å²) >= 11 is 0. The van der Waals surface area contributed by atoms with Crippen LogP contribution in [-0.4, -0.2) is 76.5 Å². The minimum absolute atomic E-state index is 0.0276. The van der Waals surface area contributed by atoms with Gasteiger partial charge in [0.1, 0.15) is 25.6 Å². The van der Waals surface area contributed by atoms with E-state index in [-0.39, 0.29) is 22.9 Å². The molecule has 32 heavy (non-hydrogen) atoms. The zero-order chi connectivity index (χ0) is 22.7. The Bertz CT molecular complexity index is 1120. The van der Waals surface area contributed by atoms with E-state index in [9.17, 15) is 22.4 Å². The SMILES string of the molecule is O=CN1CCN(C(=O)CN(c2cccc(F)c2)S(=O)(=O)c2ccc3c(c2)OCCO3)CC1. The molecule has 11 heteroatoms. The second-order valence-electron chi connectivity index (χ2n) is 7.32. The van der Waals surface area contributed by atoms with Crippen LogP contribution in [0.2, 0.25) is 0 Å². The van der Waals surface area contributed by atoms with Crippen molar-refractivity contribution in [3.8, 4) is 11.5 Å². The summed E-state index contributed by atoms with van der Waals surface area (Å²) in [6, 6.07) is 9.25. The number of fused-ring (bicyclic) bond motifs is 1. The molecule has 0 spiro atoms. The van der Waals surface area contributed by atoms with Gasteiger partial charge in [-0.25, -0.2) is 12.8 Å². The van der Waals surface area contributed by atoms with Crippen LogP contribution >= 0.6 is 0 Å². The molecule has 2 amide bonds. The van der Waals surface area contributed by atoms with Crippen LogP contribution in [0.15, 0.2) is 47.4 Å². The molecule has 1 saturated heterocycles. The highest BCUT2D eigenvalue weighted by Crippen LogP contribution is 2.34. The first kappa shape index (κ1) is 21.9. The lowest BCUT2D eigenvalue weighted by Crippen LogP contribution is -2.51. The van der Waals surface area contributed by atoms with Crippen molar-refractivity contribution in [2.45, 2.75) is 4.90 Å². The molecule has 0 unspecified atom stereocenters. The minimum atomic E-state index is -4.24. The lowest BCUT2D eigenvalue weighted by Gasteiger charge is -2.34. The number of amides is 2.